The molecule has 0 amide bonds. The van der Waals surface area contributed by atoms with E-state index in [0.717, 1.165) is 167 Å². The van der Waals surface area contributed by atoms with Gasteiger partial charge in [0.2, 0.25) is 0 Å². The minimum atomic E-state index is 0.0607. The maximum absolute atomic E-state index is 13.8. The topological polar surface area (TPSA) is 26.3 Å². The van der Waals surface area contributed by atoms with Crippen LogP contribution in [0.5, 0.6) is 0 Å². The summed E-state index contributed by atoms with van der Waals surface area (Å²) in [6.07, 6.45) is 22.3. The van der Waals surface area contributed by atoms with Gasteiger partial charge in [-0.2, -0.15) is 11.3 Å². The smallest absolute Gasteiger partial charge is 0.305 e. The second-order valence-corrected chi connectivity index (χ2v) is 26.7. The summed E-state index contributed by atoms with van der Waals surface area (Å²) in [6.45, 7) is 0.527. The molecule has 1 aromatic carbocycles. The maximum Gasteiger partial charge on any atom is 0.305 e. The van der Waals surface area contributed by atoms with Crippen LogP contribution in [-0.2, 0) is 21.4 Å². The summed E-state index contributed by atoms with van der Waals surface area (Å²) in [5.74, 6) is 27.2. The van der Waals surface area contributed by atoms with Gasteiger partial charge in [-0.1, -0.05) is 48.1 Å². The average molecular weight is 811 g/mol. The molecule has 29 atom stereocenters. The molecule has 0 saturated heterocycles. The first-order valence-corrected chi connectivity index (χ1v) is 27.3. The molecule has 3 heteroatoms. The third kappa shape index (κ3) is 2.78. The molecule has 15 fully saturated rings. The summed E-state index contributed by atoms with van der Waals surface area (Å²) in [7, 11) is 0. The Morgan fingerprint density at radius 2 is 1.27 bits per heavy atom. The lowest BCUT2D eigenvalue weighted by atomic mass is 9.43. The SMILES string of the molecule is O=C(CCCC1(c2ccccc2)C23C4=C5CCC6C7CCC8C9CCC%10C%11CCC%12C%13C%11C%11C%10C9C9C8C7C7C6C5C2C2C7C9C%11C2C%13C13C%12C=C4)OCCc1ccsc1. The quantitative estimate of drug-likeness (QED) is 0.248. The zero-order valence-corrected chi connectivity index (χ0v) is 36.0. The van der Waals surface area contributed by atoms with E-state index in [9.17, 15) is 4.79 Å². The first kappa shape index (κ1) is 32.5. The minimum Gasteiger partial charge on any atom is -0.465 e. The molecule has 0 radical (unpaired) electrons. The van der Waals surface area contributed by atoms with Crippen molar-refractivity contribution in [3.05, 3.63) is 81.6 Å². The first-order valence-electron chi connectivity index (χ1n) is 26.4. The number of thiophene rings is 1. The predicted octanol–water partition coefficient (Wildman–Crippen LogP) is 11.1. The lowest BCUT2D eigenvalue weighted by Gasteiger charge is -2.61. The molecular formula is C57H62O2S. The van der Waals surface area contributed by atoms with E-state index in [1.807, 2.05) is 5.57 Å². The number of carbonyl (C=O) groups is 1. The standard InChI is InChI=1S/C57H62O2S/c58-36(59-21-18-24-19-22-60-23-24)7-4-20-55(25-5-2-1-3-6-25)56-34-16-17-35-33-15-13-31-29-11-9-27-26-8-10-28-30-12-14-32(34)43-41(30)46-39(28)37(26)45-38(27)40(29)47-42(31)44(33)54(57(35,55)56)52-50(47)48(45)49(46)51(52)53(43)56/h1-3,5-6,16-17,19,22-23,26-32,34,37-54H,4,7-15,18,20-21H2. The van der Waals surface area contributed by atoms with Crippen molar-refractivity contribution < 1.29 is 9.53 Å². The van der Waals surface area contributed by atoms with Crippen molar-refractivity contribution in [3.8, 4) is 0 Å². The highest BCUT2D eigenvalue weighted by molar-refractivity contribution is 7.07. The highest BCUT2D eigenvalue weighted by atomic mass is 32.1. The Labute approximate surface area is 360 Å². The lowest BCUT2D eigenvalue weighted by molar-refractivity contribution is -0.147. The van der Waals surface area contributed by atoms with Crippen LogP contribution in [0, 0.1) is 165 Å². The Bertz CT molecular complexity index is 2410. The number of allylic oxidation sites excluding steroid dienone is 4. The van der Waals surface area contributed by atoms with Crippen LogP contribution in [0.25, 0.3) is 0 Å². The van der Waals surface area contributed by atoms with Gasteiger partial charge in [0.15, 0.2) is 0 Å². The third-order valence-electron chi connectivity index (χ3n) is 27.0. The van der Waals surface area contributed by atoms with E-state index in [0.29, 0.717) is 23.9 Å². The highest BCUT2D eigenvalue weighted by Gasteiger charge is 3.03. The summed E-state index contributed by atoms with van der Waals surface area (Å²) in [5, 5.41) is 4.36. The highest BCUT2D eigenvalue weighted by Crippen LogP contribution is 3.05. The van der Waals surface area contributed by atoms with Gasteiger partial charge >= 0.3 is 5.97 Å². The van der Waals surface area contributed by atoms with E-state index in [4.69, 9.17) is 4.74 Å². The molecule has 17 aliphatic rings. The largest absolute Gasteiger partial charge is 0.465 e. The molecule has 2 aromatic rings. The van der Waals surface area contributed by atoms with E-state index in [1.165, 1.54) is 24.8 Å². The molecule has 308 valence electrons. The first-order chi connectivity index (χ1) is 29.7. The second kappa shape index (κ2) is 9.91. The van der Waals surface area contributed by atoms with Crippen LogP contribution in [0.3, 0.4) is 0 Å². The van der Waals surface area contributed by atoms with Crippen LogP contribution in [0.15, 0.2) is 70.5 Å². The normalized spacial score (nSPS) is 64.6. The van der Waals surface area contributed by atoms with Gasteiger partial charge in [-0.15, -0.1) is 0 Å². The van der Waals surface area contributed by atoms with Crippen LogP contribution in [0.4, 0.5) is 0 Å². The number of esters is 1. The van der Waals surface area contributed by atoms with Crippen molar-refractivity contribution in [3.63, 3.8) is 0 Å². The minimum absolute atomic E-state index is 0.0607. The van der Waals surface area contributed by atoms with Crippen LogP contribution in [0.1, 0.15) is 81.8 Å². The number of fused-ring (bicyclic) bond motifs is 4. The second-order valence-electron chi connectivity index (χ2n) is 25.9. The summed E-state index contributed by atoms with van der Waals surface area (Å²) in [6, 6.07) is 14.7. The molecule has 0 aliphatic heterocycles. The average Bonchev–Trinajstić information content (AvgIpc) is 4.06. The van der Waals surface area contributed by atoms with Gasteiger partial charge in [-0.3, -0.25) is 4.79 Å². The summed E-state index contributed by atoms with van der Waals surface area (Å²) in [4.78, 5) is 13.8. The van der Waals surface area contributed by atoms with Crippen molar-refractivity contribution in [2.24, 2.45) is 165 Å². The third-order valence-corrected chi connectivity index (χ3v) is 27.7. The van der Waals surface area contributed by atoms with E-state index in [1.54, 1.807) is 55.4 Å². The number of hydrogen-bond donors (Lipinski definition) is 0. The number of rotatable bonds is 8. The predicted molar refractivity (Wildman–Crippen MR) is 230 cm³/mol. The number of benzene rings is 1. The van der Waals surface area contributed by atoms with E-state index < -0.39 is 0 Å². The molecule has 1 heterocycles. The van der Waals surface area contributed by atoms with Crippen molar-refractivity contribution in [1.29, 1.82) is 0 Å². The van der Waals surface area contributed by atoms with Crippen LogP contribution < -0.4 is 0 Å². The van der Waals surface area contributed by atoms with Crippen LogP contribution in [-0.4, -0.2) is 12.6 Å². The molecular weight excluding hydrogens is 749 g/mol. The summed E-state index contributed by atoms with van der Waals surface area (Å²) in [5.41, 5.74) is 7.92. The Morgan fingerprint density at radius 1 is 0.650 bits per heavy atom. The summed E-state index contributed by atoms with van der Waals surface area (Å²) < 4.78 is 6.07. The van der Waals surface area contributed by atoms with E-state index in [-0.39, 0.29) is 11.4 Å². The molecule has 0 bridgehead atoms. The van der Waals surface area contributed by atoms with Gasteiger partial charge < -0.3 is 4.74 Å². The van der Waals surface area contributed by atoms with Crippen LogP contribution in [0.2, 0.25) is 0 Å². The Kier molecular flexibility index (Phi) is 5.37. The molecule has 17 aliphatic carbocycles. The van der Waals surface area contributed by atoms with Crippen molar-refractivity contribution in [2.75, 3.05) is 6.61 Å². The van der Waals surface area contributed by atoms with Gasteiger partial charge in [0.1, 0.15) is 0 Å². The molecule has 2 spiro atoms. The molecule has 0 N–H and O–H groups in total. The van der Waals surface area contributed by atoms with Crippen molar-refractivity contribution in [1.82, 2.24) is 0 Å². The zero-order valence-electron chi connectivity index (χ0n) is 35.2. The Hall–Kier alpha value is -2.13. The van der Waals surface area contributed by atoms with Gasteiger partial charge in [-0.05, 0) is 252 Å². The number of hydrogen-bond acceptors (Lipinski definition) is 3. The maximum atomic E-state index is 13.8. The zero-order chi connectivity index (χ0) is 38.1. The van der Waals surface area contributed by atoms with Gasteiger partial charge in [0, 0.05) is 29.1 Å². The van der Waals surface area contributed by atoms with E-state index in [2.05, 4.69) is 64.9 Å². The van der Waals surface area contributed by atoms with E-state index >= 15 is 0 Å². The molecule has 29 unspecified atom stereocenters. The molecule has 19 rings (SSSR count). The van der Waals surface area contributed by atoms with Crippen molar-refractivity contribution >= 4 is 17.3 Å². The fourth-order valence-electron chi connectivity index (χ4n) is 28.4. The molecule has 2 nitrogen and oxygen atoms in total. The fraction of sp³-hybridized carbons (Fsp3) is 0.737. The molecule has 60 heavy (non-hydrogen) atoms. The molecule has 15 saturated carbocycles. The van der Waals surface area contributed by atoms with Crippen LogP contribution >= 0.6 is 11.3 Å². The van der Waals surface area contributed by atoms with Crippen molar-refractivity contribution in [2.45, 2.75) is 82.5 Å². The fourth-order valence-corrected chi connectivity index (χ4v) is 29.1. The number of ether oxygens (including phenoxy) is 1. The lowest BCUT2D eigenvalue weighted by Crippen LogP contribution is -2.58. The van der Waals surface area contributed by atoms with Gasteiger partial charge in [0.05, 0.1) is 6.61 Å². The van der Waals surface area contributed by atoms with Gasteiger partial charge in [0.25, 0.3) is 0 Å². The Morgan fingerprint density at radius 3 is 1.97 bits per heavy atom. The summed E-state index contributed by atoms with van der Waals surface area (Å²) >= 11 is 1.75. The molecule has 1 aromatic heterocycles. The Balaban J connectivity index is 0.859. The monoisotopic (exact) mass is 810 g/mol. The number of carbonyl (C=O) groups excluding carboxylic acids is 1. The van der Waals surface area contributed by atoms with Gasteiger partial charge in [-0.25, -0.2) is 0 Å².